The molecule has 3 aromatic heterocycles. The molecule has 0 bridgehead atoms. The standard InChI is InChI=1S/C24H18ClN5O3/c1-33-14-19-21(15-5-3-2-4-6-15)22-26-13-18-20(30(22)27-19)11-12-29(24(18)32)28-23(31)16-7-9-17(25)10-8-16/h2-13H,14H2,1H3,(H,28,31). The molecule has 0 spiro atoms. The monoisotopic (exact) mass is 459 g/mol. The first kappa shape index (κ1) is 20.9. The zero-order valence-electron chi connectivity index (χ0n) is 17.5. The van der Waals surface area contributed by atoms with Gasteiger partial charge in [0.2, 0.25) is 0 Å². The number of rotatable bonds is 5. The van der Waals surface area contributed by atoms with Gasteiger partial charge in [0.1, 0.15) is 0 Å². The van der Waals surface area contributed by atoms with Gasteiger partial charge in [-0.2, -0.15) is 5.10 Å². The zero-order valence-corrected chi connectivity index (χ0v) is 18.3. The number of hydrogen-bond donors (Lipinski definition) is 1. The second-order valence-corrected chi connectivity index (χ2v) is 7.79. The number of fused-ring (bicyclic) bond motifs is 3. The van der Waals surface area contributed by atoms with Crippen LogP contribution in [0.4, 0.5) is 0 Å². The Bertz CT molecular complexity index is 1540. The smallest absolute Gasteiger partial charge is 0.280 e. The summed E-state index contributed by atoms with van der Waals surface area (Å²) in [4.78, 5) is 30.2. The fourth-order valence-corrected chi connectivity index (χ4v) is 3.84. The van der Waals surface area contributed by atoms with E-state index in [0.29, 0.717) is 39.4 Å². The van der Waals surface area contributed by atoms with Crippen molar-refractivity contribution in [2.75, 3.05) is 12.5 Å². The molecular weight excluding hydrogens is 442 g/mol. The van der Waals surface area contributed by atoms with Crippen LogP contribution in [0.5, 0.6) is 0 Å². The summed E-state index contributed by atoms with van der Waals surface area (Å²) in [5.41, 5.74) is 6.25. The largest absolute Gasteiger partial charge is 0.378 e. The van der Waals surface area contributed by atoms with Gasteiger partial charge in [-0.25, -0.2) is 14.2 Å². The van der Waals surface area contributed by atoms with Gasteiger partial charge < -0.3 is 4.74 Å². The maximum atomic E-state index is 13.1. The molecule has 0 aliphatic carbocycles. The van der Waals surface area contributed by atoms with Gasteiger partial charge in [-0.15, -0.1) is 0 Å². The molecule has 0 aliphatic rings. The number of nitrogens with zero attached hydrogens (tertiary/aromatic N) is 4. The molecule has 9 heteroatoms. The summed E-state index contributed by atoms with van der Waals surface area (Å²) in [7, 11) is 1.60. The van der Waals surface area contributed by atoms with E-state index in [1.165, 1.54) is 12.4 Å². The number of halogens is 1. The zero-order chi connectivity index (χ0) is 22.9. The van der Waals surface area contributed by atoms with E-state index in [-0.39, 0.29) is 0 Å². The molecule has 0 saturated heterocycles. The molecule has 33 heavy (non-hydrogen) atoms. The Labute approximate surface area is 193 Å². The Morgan fingerprint density at radius 2 is 1.85 bits per heavy atom. The maximum absolute atomic E-state index is 13.1. The summed E-state index contributed by atoms with van der Waals surface area (Å²) in [6.45, 7) is 0.295. The summed E-state index contributed by atoms with van der Waals surface area (Å²) >= 11 is 5.88. The summed E-state index contributed by atoms with van der Waals surface area (Å²) in [6.07, 6.45) is 3.00. The molecule has 0 atom stereocenters. The lowest BCUT2D eigenvalue weighted by atomic mass is 10.1. The minimum Gasteiger partial charge on any atom is -0.378 e. The number of nitrogens with one attached hydrogen (secondary N) is 1. The molecule has 0 aliphatic heterocycles. The number of carbonyl (C=O) groups is 1. The minimum atomic E-state index is -0.435. The Morgan fingerprint density at radius 1 is 1.09 bits per heavy atom. The van der Waals surface area contributed by atoms with Gasteiger partial charge in [-0.1, -0.05) is 41.9 Å². The van der Waals surface area contributed by atoms with Crippen molar-refractivity contribution in [2.24, 2.45) is 0 Å². The SMILES string of the molecule is COCc1nn2c(ncc3c(=O)n(NC(=O)c4ccc(Cl)cc4)ccc32)c1-c1ccccc1. The first-order valence-corrected chi connectivity index (χ1v) is 10.5. The summed E-state index contributed by atoms with van der Waals surface area (Å²) in [6, 6.07) is 17.9. The van der Waals surface area contributed by atoms with E-state index < -0.39 is 11.5 Å². The third-order valence-corrected chi connectivity index (χ3v) is 5.51. The van der Waals surface area contributed by atoms with Crippen molar-refractivity contribution in [1.29, 1.82) is 0 Å². The van der Waals surface area contributed by atoms with Crippen LogP contribution in [0.1, 0.15) is 16.1 Å². The van der Waals surface area contributed by atoms with Crippen molar-refractivity contribution in [3.8, 4) is 11.1 Å². The van der Waals surface area contributed by atoms with Crippen LogP contribution in [0, 0.1) is 0 Å². The average Bonchev–Trinajstić information content (AvgIpc) is 3.20. The number of amides is 1. The predicted octanol–water partition coefficient (Wildman–Crippen LogP) is 3.89. The van der Waals surface area contributed by atoms with Crippen LogP contribution in [0.2, 0.25) is 5.02 Å². The lowest BCUT2D eigenvalue weighted by molar-refractivity contribution is 0.101. The van der Waals surface area contributed by atoms with Crippen molar-refractivity contribution in [3.63, 3.8) is 0 Å². The van der Waals surface area contributed by atoms with Gasteiger partial charge in [0.05, 0.1) is 28.8 Å². The van der Waals surface area contributed by atoms with Gasteiger partial charge in [-0.05, 0) is 35.9 Å². The van der Waals surface area contributed by atoms with Gasteiger partial charge >= 0.3 is 0 Å². The van der Waals surface area contributed by atoms with Crippen molar-refractivity contribution in [2.45, 2.75) is 6.61 Å². The number of methoxy groups -OCH3 is 1. The van der Waals surface area contributed by atoms with Crippen LogP contribution < -0.4 is 11.0 Å². The van der Waals surface area contributed by atoms with Gasteiger partial charge in [-0.3, -0.25) is 15.0 Å². The van der Waals surface area contributed by atoms with Crippen molar-refractivity contribution in [3.05, 3.63) is 99.7 Å². The summed E-state index contributed by atoms with van der Waals surface area (Å²) in [5.74, 6) is -0.435. The molecule has 5 aromatic rings. The van der Waals surface area contributed by atoms with Crippen LogP contribution in [0.25, 0.3) is 27.7 Å². The highest BCUT2D eigenvalue weighted by Crippen LogP contribution is 2.29. The van der Waals surface area contributed by atoms with Crippen LogP contribution in [-0.2, 0) is 11.3 Å². The molecule has 164 valence electrons. The Morgan fingerprint density at radius 3 is 2.58 bits per heavy atom. The van der Waals surface area contributed by atoms with Crippen molar-refractivity contribution >= 4 is 34.1 Å². The number of aromatic nitrogens is 4. The minimum absolute atomic E-state index is 0.295. The molecule has 8 nitrogen and oxygen atoms in total. The van der Waals surface area contributed by atoms with Crippen LogP contribution >= 0.6 is 11.6 Å². The highest BCUT2D eigenvalue weighted by molar-refractivity contribution is 6.30. The number of benzene rings is 2. The number of hydrogen-bond acceptors (Lipinski definition) is 5. The van der Waals surface area contributed by atoms with Crippen LogP contribution in [0.15, 0.2) is 77.9 Å². The molecule has 0 fully saturated rings. The van der Waals surface area contributed by atoms with Crippen molar-refractivity contribution in [1.82, 2.24) is 19.3 Å². The van der Waals surface area contributed by atoms with Gasteiger partial charge in [0, 0.05) is 30.1 Å². The molecule has 0 saturated carbocycles. The van der Waals surface area contributed by atoms with E-state index in [4.69, 9.17) is 16.3 Å². The first-order valence-electron chi connectivity index (χ1n) is 10.1. The van der Waals surface area contributed by atoms with Crippen molar-refractivity contribution < 1.29 is 9.53 Å². The van der Waals surface area contributed by atoms with E-state index in [1.807, 2.05) is 30.3 Å². The topological polar surface area (TPSA) is 90.5 Å². The molecule has 0 unspecified atom stereocenters. The molecule has 1 N–H and O–H groups in total. The van der Waals surface area contributed by atoms with E-state index in [2.05, 4.69) is 15.5 Å². The fraction of sp³-hybridized carbons (Fsp3) is 0.0833. The predicted molar refractivity (Wildman–Crippen MR) is 126 cm³/mol. The molecular formula is C24H18ClN5O3. The molecule has 1 amide bonds. The summed E-state index contributed by atoms with van der Waals surface area (Å²) < 4.78 is 8.11. The van der Waals surface area contributed by atoms with E-state index >= 15 is 0 Å². The molecule has 3 heterocycles. The third kappa shape index (κ3) is 3.75. The normalized spacial score (nSPS) is 11.2. The van der Waals surface area contributed by atoms with E-state index in [0.717, 1.165) is 15.8 Å². The first-order chi connectivity index (χ1) is 16.1. The van der Waals surface area contributed by atoms with E-state index in [9.17, 15) is 9.59 Å². The fourth-order valence-electron chi connectivity index (χ4n) is 3.72. The second kappa shape index (κ2) is 8.50. The second-order valence-electron chi connectivity index (χ2n) is 7.35. The highest BCUT2D eigenvalue weighted by atomic mass is 35.5. The number of pyridine rings is 1. The lowest BCUT2D eigenvalue weighted by Gasteiger charge is -2.10. The Hall–Kier alpha value is -4.01. The number of carbonyl (C=O) groups excluding carboxylic acids is 1. The molecule has 5 rings (SSSR count). The van der Waals surface area contributed by atoms with Crippen LogP contribution in [0.3, 0.4) is 0 Å². The van der Waals surface area contributed by atoms with Gasteiger partial charge in [0.15, 0.2) is 5.65 Å². The molecule has 2 aromatic carbocycles. The van der Waals surface area contributed by atoms with Gasteiger partial charge in [0.25, 0.3) is 11.5 Å². The van der Waals surface area contributed by atoms with Crippen LogP contribution in [-0.4, -0.2) is 32.3 Å². The average molecular weight is 460 g/mol. The quantitative estimate of drug-likeness (QED) is 0.430. The number of ether oxygens (including phenoxy) is 1. The highest BCUT2D eigenvalue weighted by Gasteiger charge is 2.19. The Balaban J connectivity index is 1.61. The lowest BCUT2D eigenvalue weighted by Crippen LogP contribution is -2.32. The van der Waals surface area contributed by atoms with E-state index in [1.54, 1.807) is 42.0 Å². The Kier molecular flexibility index (Phi) is 5.37. The maximum Gasteiger partial charge on any atom is 0.280 e. The summed E-state index contributed by atoms with van der Waals surface area (Å²) in [5, 5.41) is 5.51. The molecule has 0 radical (unpaired) electrons. The third-order valence-electron chi connectivity index (χ3n) is 5.26.